The molecule has 0 radical (unpaired) electrons. The van der Waals surface area contributed by atoms with Crippen molar-refractivity contribution in [3.05, 3.63) is 52.6 Å². The van der Waals surface area contributed by atoms with E-state index in [0.29, 0.717) is 43.9 Å². The van der Waals surface area contributed by atoms with Crippen molar-refractivity contribution < 1.29 is 23.8 Å². The first kappa shape index (κ1) is 19.3. The van der Waals surface area contributed by atoms with Gasteiger partial charge >= 0.3 is 0 Å². The third-order valence-corrected chi connectivity index (χ3v) is 5.39. The lowest BCUT2D eigenvalue weighted by Crippen LogP contribution is -2.30. The molecule has 0 saturated heterocycles. The van der Waals surface area contributed by atoms with Gasteiger partial charge < -0.3 is 19.5 Å². The number of aryl methyl sites for hydroxylation is 1. The molecule has 0 unspecified atom stereocenters. The van der Waals surface area contributed by atoms with Crippen LogP contribution in [-0.4, -0.2) is 38.1 Å². The Morgan fingerprint density at radius 1 is 1.17 bits per heavy atom. The molecular weight excluding hydrogens is 370 g/mol. The van der Waals surface area contributed by atoms with Crippen molar-refractivity contribution in [3.63, 3.8) is 0 Å². The van der Waals surface area contributed by atoms with Crippen LogP contribution in [0.2, 0.25) is 0 Å². The zero-order valence-corrected chi connectivity index (χ0v) is 16.7. The minimum absolute atomic E-state index is 0.0882. The van der Waals surface area contributed by atoms with Gasteiger partial charge in [-0.15, -0.1) is 0 Å². The van der Waals surface area contributed by atoms with E-state index in [1.807, 2.05) is 38.1 Å². The highest BCUT2D eigenvalue weighted by molar-refractivity contribution is 6.04. The maximum Gasteiger partial charge on any atom is 0.257 e. The second-order valence-corrected chi connectivity index (χ2v) is 7.56. The molecule has 6 nitrogen and oxygen atoms in total. The number of ketones is 1. The second-order valence-electron chi connectivity index (χ2n) is 7.56. The van der Waals surface area contributed by atoms with Crippen LogP contribution in [0, 0.1) is 6.92 Å². The summed E-state index contributed by atoms with van der Waals surface area (Å²) in [6.07, 6.45) is 1.18. The number of amides is 1. The summed E-state index contributed by atoms with van der Waals surface area (Å²) in [5.41, 5.74) is 3.84. The summed E-state index contributed by atoms with van der Waals surface area (Å²) in [5.74, 6) is 2.07. The van der Waals surface area contributed by atoms with Gasteiger partial charge in [-0.05, 0) is 54.2 Å². The fourth-order valence-electron chi connectivity index (χ4n) is 4.01. The molecule has 1 amide bonds. The maximum atomic E-state index is 12.3. The molecule has 2 aromatic carbocycles. The van der Waals surface area contributed by atoms with Crippen molar-refractivity contribution in [1.29, 1.82) is 0 Å². The number of benzene rings is 2. The van der Waals surface area contributed by atoms with E-state index in [9.17, 15) is 9.59 Å². The van der Waals surface area contributed by atoms with Crippen LogP contribution >= 0.6 is 0 Å². The number of hydrogen-bond acceptors (Lipinski definition) is 5. The summed E-state index contributed by atoms with van der Waals surface area (Å²) < 4.78 is 16.8. The van der Waals surface area contributed by atoms with E-state index in [2.05, 4.69) is 5.32 Å². The van der Waals surface area contributed by atoms with Gasteiger partial charge in [-0.3, -0.25) is 9.59 Å². The fraction of sp³-hybridized carbons (Fsp3) is 0.391. The van der Waals surface area contributed by atoms with Crippen molar-refractivity contribution in [2.24, 2.45) is 0 Å². The molecule has 1 heterocycles. The quantitative estimate of drug-likeness (QED) is 0.813. The second kappa shape index (κ2) is 8.15. The number of fused-ring (bicyclic) bond motifs is 2. The van der Waals surface area contributed by atoms with Gasteiger partial charge in [-0.25, -0.2) is 0 Å². The molecule has 6 heteroatoms. The number of ether oxygens (including phenoxy) is 3. The monoisotopic (exact) mass is 395 g/mol. The van der Waals surface area contributed by atoms with Crippen LogP contribution in [0.1, 0.15) is 46.3 Å². The number of carbonyl (C=O) groups excluding carboxylic acids is 2. The Bertz CT molecular complexity index is 953. The highest BCUT2D eigenvalue weighted by atomic mass is 16.6. The Kier molecular flexibility index (Phi) is 5.43. The summed E-state index contributed by atoms with van der Waals surface area (Å²) in [6, 6.07) is 9.54. The van der Waals surface area contributed by atoms with Crippen molar-refractivity contribution in [1.82, 2.24) is 5.32 Å². The predicted molar refractivity (Wildman–Crippen MR) is 108 cm³/mol. The van der Waals surface area contributed by atoms with Crippen LogP contribution in [0.15, 0.2) is 30.3 Å². The molecule has 0 fully saturated rings. The minimum Gasteiger partial charge on any atom is -0.486 e. The predicted octanol–water partition coefficient (Wildman–Crippen LogP) is 3.19. The summed E-state index contributed by atoms with van der Waals surface area (Å²) in [5, 5.41) is 2.86. The van der Waals surface area contributed by atoms with Crippen LogP contribution in [0.5, 0.6) is 17.2 Å². The average molecular weight is 395 g/mol. The summed E-state index contributed by atoms with van der Waals surface area (Å²) >= 11 is 0. The molecule has 0 saturated carbocycles. The number of rotatable bonds is 6. The van der Waals surface area contributed by atoms with Gasteiger partial charge in [0.1, 0.15) is 19.0 Å². The largest absolute Gasteiger partial charge is 0.486 e. The molecule has 1 aliphatic heterocycles. The lowest BCUT2D eigenvalue weighted by Gasteiger charge is -2.19. The smallest absolute Gasteiger partial charge is 0.257 e. The van der Waals surface area contributed by atoms with Crippen LogP contribution in [0.4, 0.5) is 0 Å². The lowest BCUT2D eigenvalue weighted by atomic mass is 9.97. The van der Waals surface area contributed by atoms with E-state index in [0.717, 1.165) is 28.2 Å². The molecular formula is C23H25NO5. The van der Waals surface area contributed by atoms with E-state index < -0.39 is 0 Å². The van der Waals surface area contributed by atoms with E-state index in [4.69, 9.17) is 14.2 Å². The molecule has 4 rings (SSSR count). The first-order valence-electron chi connectivity index (χ1n) is 9.97. The molecule has 1 atom stereocenters. The Labute approximate surface area is 170 Å². The highest BCUT2D eigenvalue weighted by Gasteiger charge is 2.31. The van der Waals surface area contributed by atoms with Gasteiger partial charge in [-0.1, -0.05) is 19.1 Å². The third kappa shape index (κ3) is 4.06. The standard InChI is InChI=1S/C23H25NO5/c1-14-3-5-19(23-17(25)11-15(2)22(14)23)29-13-21(26)24-8-7-16-4-6-18-20(12-16)28-10-9-27-18/h3-6,12,15H,7-11,13H2,1-2H3,(H,24,26)/t15-/m0/s1. The SMILES string of the molecule is Cc1ccc(OCC(=O)NCCc2ccc3c(c2)OCCO3)c2c1[C@@H](C)CC2=O. The van der Waals surface area contributed by atoms with Crippen LogP contribution in [-0.2, 0) is 11.2 Å². The van der Waals surface area contributed by atoms with Gasteiger partial charge in [0.25, 0.3) is 5.91 Å². The Morgan fingerprint density at radius 2 is 1.97 bits per heavy atom. The molecule has 0 aromatic heterocycles. The van der Waals surface area contributed by atoms with Gasteiger partial charge in [0, 0.05) is 13.0 Å². The van der Waals surface area contributed by atoms with E-state index in [-0.39, 0.29) is 24.2 Å². The first-order chi connectivity index (χ1) is 14.0. The van der Waals surface area contributed by atoms with E-state index in [1.165, 1.54) is 0 Å². The Balaban J connectivity index is 1.30. The van der Waals surface area contributed by atoms with Crippen molar-refractivity contribution in [3.8, 4) is 17.2 Å². The van der Waals surface area contributed by atoms with Crippen LogP contribution in [0.25, 0.3) is 0 Å². The number of carbonyl (C=O) groups is 2. The van der Waals surface area contributed by atoms with Gasteiger partial charge in [0.2, 0.25) is 0 Å². The number of hydrogen-bond donors (Lipinski definition) is 1. The van der Waals surface area contributed by atoms with Crippen molar-refractivity contribution in [2.75, 3.05) is 26.4 Å². The molecule has 1 N–H and O–H groups in total. The topological polar surface area (TPSA) is 73.9 Å². The summed E-state index contributed by atoms with van der Waals surface area (Å²) in [4.78, 5) is 24.5. The molecule has 0 spiro atoms. The average Bonchev–Trinajstić information content (AvgIpc) is 3.02. The first-order valence-corrected chi connectivity index (χ1v) is 9.97. The van der Waals surface area contributed by atoms with Crippen LogP contribution < -0.4 is 19.5 Å². The van der Waals surface area contributed by atoms with Crippen molar-refractivity contribution >= 4 is 11.7 Å². The minimum atomic E-state index is -0.213. The molecule has 152 valence electrons. The number of Topliss-reactive ketones (excluding diaryl/α,β-unsaturated/α-hetero) is 1. The molecule has 2 aromatic rings. The van der Waals surface area contributed by atoms with Crippen molar-refractivity contribution in [2.45, 2.75) is 32.6 Å². The third-order valence-electron chi connectivity index (χ3n) is 5.39. The zero-order valence-electron chi connectivity index (χ0n) is 16.7. The highest BCUT2D eigenvalue weighted by Crippen LogP contribution is 2.40. The number of nitrogens with one attached hydrogen (secondary N) is 1. The van der Waals surface area contributed by atoms with Gasteiger partial charge in [0.05, 0.1) is 5.56 Å². The Hall–Kier alpha value is -3.02. The van der Waals surface area contributed by atoms with E-state index in [1.54, 1.807) is 6.07 Å². The fourth-order valence-corrected chi connectivity index (χ4v) is 4.01. The molecule has 0 bridgehead atoms. The summed E-state index contributed by atoms with van der Waals surface area (Å²) in [6.45, 7) is 5.54. The van der Waals surface area contributed by atoms with Gasteiger partial charge in [-0.2, -0.15) is 0 Å². The lowest BCUT2D eigenvalue weighted by molar-refractivity contribution is -0.123. The molecule has 29 heavy (non-hydrogen) atoms. The normalized spacial score (nSPS) is 17.0. The summed E-state index contributed by atoms with van der Waals surface area (Å²) in [7, 11) is 0. The van der Waals surface area contributed by atoms with E-state index >= 15 is 0 Å². The molecule has 2 aliphatic rings. The zero-order chi connectivity index (χ0) is 20.4. The van der Waals surface area contributed by atoms with Crippen LogP contribution in [0.3, 0.4) is 0 Å². The van der Waals surface area contributed by atoms with Gasteiger partial charge in [0.15, 0.2) is 23.9 Å². The molecule has 1 aliphatic carbocycles. The Morgan fingerprint density at radius 3 is 2.79 bits per heavy atom. The maximum absolute atomic E-state index is 12.3.